The van der Waals surface area contributed by atoms with Gasteiger partial charge in [0.2, 0.25) is 0 Å². The fourth-order valence-electron chi connectivity index (χ4n) is 3.20. The Balaban J connectivity index is 1.47. The monoisotopic (exact) mass is 384 g/mol. The maximum absolute atomic E-state index is 12.8. The molecule has 0 spiro atoms. The van der Waals surface area contributed by atoms with Crippen LogP contribution in [0.2, 0.25) is 0 Å². The molecule has 3 heterocycles. The molecular formula is C23H20N4O2. The fraction of sp³-hybridized carbons (Fsp3) is 0.130. The molecule has 0 aliphatic rings. The first-order valence-corrected chi connectivity index (χ1v) is 9.42. The molecule has 0 saturated heterocycles. The van der Waals surface area contributed by atoms with Crippen molar-refractivity contribution in [3.8, 4) is 16.9 Å². The number of ketones is 1. The van der Waals surface area contributed by atoms with Crippen molar-refractivity contribution in [2.24, 2.45) is 0 Å². The van der Waals surface area contributed by atoms with Crippen LogP contribution in [0.15, 0.2) is 84.2 Å². The quantitative estimate of drug-likeness (QED) is 0.530. The Kier molecular flexibility index (Phi) is 5.42. The molecule has 29 heavy (non-hydrogen) atoms. The minimum atomic E-state index is -0.192. The van der Waals surface area contributed by atoms with E-state index >= 15 is 0 Å². The Morgan fingerprint density at radius 1 is 1.00 bits per heavy atom. The normalized spacial score (nSPS) is 10.8. The summed E-state index contributed by atoms with van der Waals surface area (Å²) >= 11 is 0. The van der Waals surface area contributed by atoms with Gasteiger partial charge in [0, 0.05) is 43.2 Å². The average molecular weight is 384 g/mol. The number of hydrogen-bond donors (Lipinski definition) is 1. The maximum atomic E-state index is 12.8. The Morgan fingerprint density at radius 2 is 1.86 bits per heavy atom. The van der Waals surface area contributed by atoms with Crippen LogP contribution >= 0.6 is 0 Å². The van der Waals surface area contributed by atoms with Gasteiger partial charge >= 0.3 is 0 Å². The van der Waals surface area contributed by atoms with E-state index in [2.05, 4.69) is 15.1 Å². The lowest BCUT2D eigenvalue weighted by Crippen LogP contribution is -2.17. The molecule has 6 nitrogen and oxygen atoms in total. The molecule has 3 aromatic heterocycles. The number of aromatic amines is 1. The van der Waals surface area contributed by atoms with E-state index in [0.717, 1.165) is 16.7 Å². The highest BCUT2D eigenvalue weighted by molar-refractivity contribution is 5.81. The highest BCUT2D eigenvalue weighted by Gasteiger charge is 2.12. The second kappa shape index (κ2) is 8.48. The van der Waals surface area contributed by atoms with Gasteiger partial charge < -0.3 is 0 Å². The van der Waals surface area contributed by atoms with Crippen molar-refractivity contribution in [3.63, 3.8) is 0 Å². The van der Waals surface area contributed by atoms with Gasteiger partial charge in [0.05, 0.1) is 5.56 Å². The molecule has 0 radical (unpaired) electrons. The van der Waals surface area contributed by atoms with Gasteiger partial charge in [-0.1, -0.05) is 36.4 Å². The summed E-state index contributed by atoms with van der Waals surface area (Å²) < 4.78 is 1.40. The van der Waals surface area contributed by atoms with Crippen molar-refractivity contribution in [2.75, 3.05) is 0 Å². The standard InChI is InChI=1S/C23H20N4O2/c28-20(13-17-5-2-1-3-6-17)9-8-18-10-12-25-22(14-18)27-23(29)21(16-26-27)19-7-4-11-24-15-19/h1-7,10-12,14-16,26H,8-9,13H2. The van der Waals surface area contributed by atoms with E-state index in [0.29, 0.717) is 30.6 Å². The van der Waals surface area contributed by atoms with E-state index in [4.69, 9.17) is 0 Å². The number of pyridine rings is 2. The largest absolute Gasteiger partial charge is 0.299 e. The van der Waals surface area contributed by atoms with Crippen molar-refractivity contribution < 1.29 is 4.79 Å². The smallest absolute Gasteiger partial charge is 0.280 e. The molecule has 1 aromatic carbocycles. The van der Waals surface area contributed by atoms with Gasteiger partial charge in [-0.15, -0.1) is 0 Å². The molecule has 0 bridgehead atoms. The van der Waals surface area contributed by atoms with Crippen molar-refractivity contribution in [2.45, 2.75) is 19.3 Å². The number of nitrogens with zero attached hydrogens (tertiary/aromatic N) is 3. The highest BCUT2D eigenvalue weighted by atomic mass is 16.1. The van der Waals surface area contributed by atoms with Gasteiger partial charge in [0.25, 0.3) is 5.56 Å². The van der Waals surface area contributed by atoms with Crippen molar-refractivity contribution >= 4 is 5.78 Å². The second-order valence-corrected chi connectivity index (χ2v) is 6.79. The van der Waals surface area contributed by atoms with Crippen molar-refractivity contribution in [3.05, 3.63) is 101 Å². The van der Waals surface area contributed by atoms with Gasteiger partial charge in [0.1, 0.15) is 5.78 Å². The number of aryl methyl sites for hydroxylation is 1. The minimum Gasteiger partial charge on any atom is -0.299 e. The van der Waals surface area contributed by atoms with E-state index in [9.17, 15) is 9.59 Å². The predicted octanol–water partition coefficient (Wildman–Crippen LogP) is 3.37. The summed E-state index contributed by atoms with van der Waals surface area (Å²) in [6.45, 7) is 0. The fourth-order valence-corrected chi connectivity index (χ4v) is 3.20. The van der Waals surface area contributed by atoms with Crippen LogP contribution in [0.1, 0.15) is 17.5 Å². The number of carbonyl (C=O) groups excluding carboxylic acids is 1. The SMILES string of the molecule is O=C(CCc1ccnc(-n2[nH]cc(-c3cccnc3)c2=O)c1)Cc1ccccc1. The van der Waals surface area contributed by atoms with Crippen LogP contribution in [0.4, 0.5) is 0 Å². The molecule has 0 aliphatic carbocycles. The van der Waals surface area contributed by atoms with Crippen LogP contribution in [-0.2, 0) is 17.6 Å². The number of aromatic nitrogens is 4. The summed E-state index contributed by atoms with van der Waals surface area (Å²) in [4.78, 5) is 33.4. The Hall–Kier alpha value is -3.80. The third kappa shape index (κ3) is 4.38. The molecule has 0 atom stereocenters. The van der Waals surface area contributed by atoms with E-state index in [1.54, 1.807) is 30.9 Å². The summed E-state index contributed by atoms with van der Waals surface area (Å²) in [6.07, 6.45) is 8.10. The molecule has 0 amide bonds. The first-order valence-electron chi connectivity index (χ1n) is 9.42. The zero-order chi connectivity index (χ0) is 20.1. The third-order valence-electron chi connectivity index (χ3n) is 4.72. The zero-order valence-electron chi connectivity index (χ0n) is 15.8. The molecule has 144 valence electrons. The topological polar surface area (TPSA) is 80.6 Å². The maximum Gasteiger partial charge on any atom is 0.280 e. The van der Waals surface area contributed by atoms with Crippen LogP contribution in [0, 0.1) is 0 Å². The van der Waals surface area contributed by atoms with Crippen molar-refractivity contribution in [1.29, 1.82) is 0 Å². The van der Waals surface area contributed by atoms with E-state index < -0.39 is 0 Å². The Labute approximate surface area is 167 Å². The van der Waals surface area contributed by atoms with E-state index in [-0.39, 0.29) is 11.3 Å². The number of benzene rings is 1. The van der Waals surface area contributed by atoms with Crippen molar-refractivity contribution in [1.82, 2.24) is 19.7 Å². The van der Waals surface area contributed by atoms with Gasteiger partial charge in [0.15, 0.2) is 5.82 Å². The first-order chi connectivity index (χ1) is 14.2. The Bertz CT molecular complexity index is 1160. The lowest BCUT2D eigenvalue weighted by Gasteiger charge is -2.05. The third-order valence-corrected chi connectivity index (χ3v) is 4.72. The molecule has 0 saturated carbocycles. The van der Waals surface area contributed by atoms with Crippen LogP contribution in [0.3, 0.4) is 0 Å². The van der Waals surface area contributed by atoms with E-state index in [1.165, 1.54) is 4.68 Å². The molecule has 6 heteroatoms. The summed E-state index contributed by atoms with van der Waals surface area (Å²) in [7, 11) is 0. The molecule has 4 aromatic rings. The summed E-state index contributed by atoms with van der Waals surface area (Å²) in [5.74, 6) is 0.684. The van der Waals surface area contributed by atoms with Crippen LogP contribution in [-0.4, -0.2) is 25.5 Å². The predicted molar refractivity (Wildman–Crippen MR) is 111 cm³/mol. The Morgan fingerprint density at radius 3 is 2.66 bits per heavy atom. The van der Waals surface area contributed by atoms with Crippen LogP contribution in [0.5, 0.6) is 0 Å². The second-order valence-electron chi connectivity index (χ2n) is 6.79. The lowest BCUT2D eigenvalue weighted by molar-refractivity contribution is -0.118. The molecule has 0 fully saturated rings. The number of hydrogen-bond acceptors (Lipinski definition) is 4. The molecule has 1 N–H and O–H groups in total. The van der Waals surface area contributed by atoms with Gasteiger partial charge in [-0.3, -0.25) is 19.7 Å². The number of Topliss-reactive ketones (excluding diaryl/α,β-unsaturated/α-hetero) is 1. The van der Waals surface area contributed by atoms with Crippen LogP contribution < -0.4 is 5.56 Å². The minimum absolute atomic E-state index is 0.186. The number of carbonyl (C=O) groups is 1. The number of H-pyrrole nitrogens is 1. The number of rotatable bonds is 7. The molecule has 4 rings (SSSR count). The van der Waals surface area contributed by atoms with Crippen LogP contribution in [0.25, 0.3) is 16.9 Å². The summed E-state index contributed by atoms with van der Waals surface area (Å²) in [5, 5.41) is 2.96. The van der Waals surface area contributed by atoms with Gasteiger partial charge in [-0.05, 0) is 35.7 Å². The summed E-state index contributed by atoms with van der Waals surface area (Å²) in [6, 6.07) is 17.1. The molecular weight excluding hydrogens is 364 g/mol. The lowest BCUT2D eigenvalue weighted by atomic mass is 10.0. The number of nitrogens with one attached hydrogen (secondary N) is 1. The van der Waals surface area contributed by atoms with Gasteiger partial charge in [-0.2, -0.15) is 0 Å². The highest BCUT2D eigenvalue weighted by Crippen LogP contribution is 2.14. The summed E-state index contributed by atoms with van der Waals surface area (Å²) in [5.41, 5.74) is 3.07. The molecule has 0 unspecified atom stereocenters. The zero-order valence-corrected chi connectivity index (χ0v) is 15.8. The molecule has 0 aliphatic heterocycles. The first kappa shape index (κ1) is 18.6. The van der Waals surface area contributed by atoms with Gasteiger partial charge in [-0.25, -0.2) is 9.67 Å². The average Bonchev–Trinajstić information content (AvgIpc) is 3.15. The van der Waals surface area contributed by atoms with E-state index in [1.807, 2.05) is 48.5 Å².